The number of alkyl halides is 6. The first-order valence-electron chi connectivity index (χ1n) is 9.35. The van der Waals surface area contributed by atoms with Crippen molar-refractivity contribution in [3.05, 3.63) is 53.2 Å². The molecule has 1 saturated heterocycles. The highest BCUT2D eigenvalue weighted by molar-refractivity contribution is 5.89. The van der Waals surface area contributed by atoms with Crippen LogP contribution < -0.4 is 9.64 Å². The van der Waals surface area contributed by atoms with Crippen molar-refractivity contribution in [1.82, 2.24) is 4.98 Å². The number of carboxylic acids is 1. The lowest BCUT2D eigenvalue weighted by Gasteiger charge is -2.26. The molecule has 0 unspecified atom stereocenters. The first kappa shape index (κ1) is 23.6. The smallest absolute Gasteiger partial charge is 0.489 e. The molecular weight excluding hydrogens is 446 g/mol. The third-order valence-corrected chi connectivity index (χ3v) is 4.90. The number of rotatable bonds is 6. The molecule has 1 aromatic carbocycles. The predicted molar refractivity (Wildman–Crippen MR) is 99.6 cm³/mol. The number of aromatic carboxylic acids is 1. The van der Waals surface area contributed by atoms with Crippen LogP contribution in [0.2, 0.25) is 0 Å². The van der Waals surface area contributed by atoms with Gasteiger partial charge >= 0.3 is 18.5 Å². The predicted octanol–water partition coefficient (Wildman–Crippen LogP) is 4.67. The van der Waals surface area contributed by atoms with Crippen LogP contribution in [-0.2, 0) is 10.9 Å². The molecule has 2 atom stereocenters. The Morgan fingerprint density at radius 1 is 1.12 bits per heavy atom. The Balaban J connectivity index is 1.79. The molecular formula is C20H18F6N2O4. The number of nitrogens with zero attached hydrogens (tertiary/aromatic N) is 2. The second-order valence-electron chi connectivity index (χ2n) is 7.17. The Kier molecular flexibility index (Phi) is 6.54. The van der Waals surface area contributed by atoms with Gasteiger partial charge < -0.3 is 14.7 Å². The lowest BCUT2D eigenvalue weighted by Crippen LogP contribution is -2.36. The van der Waals surface area contributed by atoms with Crippen LogP contribution in [0.4, 0.5) is 32.2 Å². The SMILES string of the molecule is Cc1nc(N2C[C@@H](Oc3ccc(C(F)(F)F)cc3)C[C@H]2COC(F)(F)F)ccc1C(=O)O. The largest absolute Gasteiger partial charge is 0.522 e. The number of pyridine rings is 1. The molecule has 1 N–H and O–H groups in total. The van der Waals surface area contributed by atoms with E-state index >= 15 is 0 Å². The standard InChI is InChI=1S/C20H18F6N2O4/c1-11-16(18(29)30)6-7-17(27-11)28-9-15(8-13(28)10-31-20(24,25)26)32-14-4-2-12(3-5-14)19(21,22)23/h2-7,13,15H,8-10H2,1H3,(H,29,30)/t13-,15-/m0/s1. The summed E-state index contributed by atoms with van der Waals surface area (Å²) in [5.41, 5.74) is -0.723. The third kappa shape index (κ3) is 5.81. The minimum atomic E-state index is -4.85. The normalized spacial score (nSPS) is 19.3. The summed E-state index contributed by atoms with van der Waals surface area (Å²) in [6.45, 7) is 0.810. The van der Waals surface area contributed by atoms with Gasteiger partial charge in [0.25, 0.3) is 0 Å². The fraction of sp³-hybridized carbons (Fsp3) is 0.400. The van der Waals surface area contributed by atoms with E-state index in [0.717, 1.165) is 24.3 Å². The number of hydrogen-bond donors (Lipinski definition) is 1. The summed E-state index contributed by atoms with van der Waals surface area (Å²) >= 11 is 0. The quantitative estimate of drug-likeness (QED) is 0.627. The summed E-state index contributed by atoms with van der Waals surface area (Å²) < 4.78 is 85.5. The van der Waals surface area contributed by atoms with Gasteiger partial charge in [-0.25, -0.2) is 9.78 Å². The van der Waals surface area contributed by atoms with Crippen molar-refractivity contribution in [1.29, 1.82) is 0 Å². The van der Waals surface area contributed by atoms with Gasteiger partial charge in [0, 0.05) is 6.42 Å². The third-order valence-electron chi connectivity index (χ3n) is 4.90. The number of aryl methyl sites for hydroxylation is 1. The average molecular weight is 464 g/mol. The highest BCUT2D eigenvalue weighted by atomic mass is 19.4. The fourth-order valence-electron chi connectivity index (χ4n) is 3.44. The van der Waals surface area contributed by atoms with Gasteiger partial charge in [0.2, 0.25) is 0 Å². The lowest BCUT2D eigenvalue weighted by atomic mass is 10.2. The molecule has 1 aliphatic heterocycles. The van der Waals surface area contributed by atoms with Crippen LogP contribution in [0.1, 0.15) is 28.0 Å². The van der Waals surface area contributed by atoms with Gasteiger partial charge in [0.15, 0.2) is 0 Å². The molecule has 0 bridgehead atoms. The number of aromatic nitrogens is 1. The summed E-state index contributed by atoms with van der Waals surface area (Å²) in [6, 6.07) is 5.83. The second-order valence-corrected chi connectivity index (χ2v) is 7.17. The van der Waals surface area contributed by atoms with Gasteiger partial charge in [-0.2, -0.15) is 13.2 Å². The Labute approximate surface area is 178 Å². The summed E-state index contributed by atoms with van der Waals surface area (Å²) in [7, 11) is 0. The first-order valence-corrected chi connectivity index (χ1v) is 9.35. The van der Waals surface area contributed by atoms with E-state index in [1.807, 2.05) is 0 Å². The fourth-order valence-corrected chi connectivity index (χ4v) is 3.44. The molecule has 1 aliphatic rings. The van der Waals surface area contributed by atoms with Crippen molar-refractivity contribution < 1.29 is 45.7 Å². The van der Waals surface area contributed by atoms with Gasteiger partial charge in [-0.15, -0.1) is 13.2 Å². The van der Waals surface area contributed by atoms with E-state index < -0.39 is 42.8 Å². The van der Waals surface area contributed by atoms with E-state index in [2.05, 4.69) is 9.72 Å². The maximum atomic E-state index is 12.7. The molecule has 1 aromatic heterocycles. The number of carboxylic acid groups (broad SMARTS) is 1. The highest BCUT2D eigenvalue weighted by Crippen LogP contribution is 2.32. The van der Waals surface area contributed by atoms with Crippen molar-refractivity contribution in [3.63, 3.8) is 0 Å². The Morgan fingerprint density at radius 3 is 2.31 bits per heavy atom. The summed E-state index contributed by atoms with van der Waals surface area (Å²) in [5, 5.41) is 9.13. The van der Waals surface area contributed by atoms with Crippen molar-refractivity contribution in [2.24, 2.45) is 0 Å². The van der Waals surface area contributed by atoms with E-state index in [0.29, 0.717) is 0 Å². The number of benzene rings is 1. The van der Waals surface area contributed by atoms with E-state index in [1.165, 1.54) is 24.0 Å². The van der Waals surface area contributed by atoms with Crippen LogP contribution >= 0.6 is 0 Å². The maximum Gasteiger partial charge on any atom is 0.522 e. The highest BCUT2D eigenvalue weighted by Gasteiger charge is 2.39. The molecule has 0 radical (unpaired) electrons. The van der Waals surface area contributed by atoms with Crippen molar-refractivity contribution in [3.8, 4) is 5.75 Å². The molecule has 6 nitrogen and oxygen atoms in total. The van der Waals surface area contributed by atoms with Gasteiger partial charge in [0.1, 0.15) is 17.7 Å². The van der Waals surface area contributed by atoms with E-state index in [1.54, 1.807) is 0 Å². The molecule has 1 fully saturated rings. The summed E-state index contributed by atoms with van der Waals surface area (Å²) in [4.78, 5) is 16.9. The van der Waals surface area contributed by atoms with Gasteiger partial charge in [-0.1, -0.05) is 0 Å². The zero-order valence-corrected chi connectivity index (χ0v) is 16.6. The van der Waals surface area contributed by atoms with Crippen molar-refractivity contribution in [2.45, 2.75) is 38.0 Å². The number of carbonyl (C=O) groups is 1. The number of anilines is 1. The number of ether oxygens (including phenoxy) is 2. The minimum absolute atomic E-state index is 0.0476. The lowest BCUT2D eigenvalue weighted by molar-refractivity contribution is -0.325. The van der Waals surface area contributed by atoms with Crippen molar-refractivity contribution in [2.75, 3.05) is 18.1 Å². The molecule has 2 aromatic rings. The molecule has 0 spiro atoms. The molecule has 0 saturated carbocycles. The van der Waals surface area contributed by atoms with Crippen LogP contribution in [0.25, 0.3) is 0 Å². The maximum absolute atomic E-state index is 12.7. The Hall–Kier alpha value is -3.02. The molecule has 3 rings (SSSR count). The van der Waals surface area contributed by atoms with Crippen LogP contribution in [-0.4, -0.2) is 47.7 Å². The Morgan fingerprint density at radius 2 is 1.78 bits per heavy atom. The zero-order chi connectivity index (χ0) is 23.7. The minimum Gasteiger partial charge on any atom is -0.489 e. The first-order chi connectivity index (χ1) is 14.8. The van der Waals surface area contributed by atoms with E-state index in [4.69, 9.17) is 9.84 Å². The van der Waals surface area contributed by atoms with Gasteiger partial charge in [0.05, 0.1) is 36.0 Å². The van der Waals surface area contributed by atoms with Crippen LogP contribution in [0.3, 0.4) is 0 Å². The second kappa shape index (κ2) is 8.85. The monoisotopic (exact) mass is 464 g/mol. The molecule has 12 heteroatoms. The summed E-state index contributed by atoms with van der Waals surface area (Å²) in [6.07, 6.45) is -9.93. The molecule has 2 heterocycles. The summed E-state index contributed by atoms with van der Waals surface area (Å²) in [5.74, 6) is -0.823. The molecule has 0 aliphatic carbocycles. The van der Waals surface area contributed by atoms with Crippen LogP contribution in [0, 0.1) is 6.92 Å². The number of hydrogen-bond acceptors (Lipinski definition) is 5. The van der Waals surface area contributed by atoms with Crippen LogP contribution in [0.15, 0.2) is 36.4 Å². The van der Waals surface area contributed by atoms with Crippen molar-refractivity contribution >= 4 is 11.8 Å². The van der Waals surface area contributed by atoms with Gasteiger partial charge in [-0.3, -0.25) is 4.74 Å². The van der Waals surface area contributed by atoms with E-state index in [-0.39, 0.29) is 35.8 Å². The topological polar surface area (TPSA) is 71.9 Å². The molecule has 0 amide bonds. The van der Waals surface area contributed by atoms with Gasteiger partial charge in [-0.05, 0) is 43.3 Å². The molecule has 32 heavy (non-hydrogen) atoms. The van der Waals surface area contributed by atoms with Crippen LogP contribution in [0.5, 0.6) is 5.75 Å². The molecule has 174 valence electrons. The van der Waals surface area contributed by atoms with E-state index in [9.17, 15) is 31.1 Å². The Bertz CT molecular complexity index is 962. The number of halogens is 6. The zero-order valence-electron chi connectivity index (χ0n) is 16.6. The average Bonchev–Trinajstić information content (AvgIpc) is 3.08.